The molecule has 0 saturated carbocycles. The molecule has 10 aromatic rings. The highest BCUT2D eigenvalue weighted by atomic mass is 32.1. The van der Waals surface area contributed by atoms with E-state index in [9.17, 15) is 0 Å². The van der Waals surface area contributed by atoms with Gasteiger partial charge in [0.25, 0.3) is 0 Å². The highest BCUT2D eigenvalue weighted by Crippen LogP contribution is 2.50. The number of thiophene rings is 1. The van der Waals surface area contributed by atoms with Gasteiger partial charge in [-0.05, 0) is 88.3 Å². The molecule has 0 saturated heterocycles. The maximum Gasteiger partial charge on any atom is 0.147 e. The van der Waals surface area contributed by atoms with Crippen molar-refractivity contribution in [1.82, 2.24) is 0 Å². The molecule has 0 aliphatic heterocycles. The van der Waals surface area contributed by atoms with Gasteiger partial charge in [-0.2, -0.15) is 0 Å². The summed E-state index contributed by atoms with van der Waals surface area (Å²) in [5.41, 5.74) is 5.71. The molecule has 0 bridgehead atoms. The fourth-order valence-electron chi connectivity index (χ4n) is 7.71. The molecule has 50 heavy (non-hydrogen) atoms. The van der Waals surface area contributed by atoms with Crippen molar-refractivity contribution in [3.63, 3.8) is 0 Å². The molecule has 1 aromatic heterocycles. The molecule has 2 nitrogen and oxygen atoms in total. The van der Waals surface area contributed by atoms with E-state index >= 15 is 4.39 Å². The van der Waals surface area contributed by atoms with Crippen LogP contribution in [0.5, 0.6) is 0 Å². The summed E-state index contributed by atoms with van der Waals surface area (Å²) < 4.78 is 18.5. The molecule has 1 heterocycles. The third-order valence-electron chi connectivity index (χ3n) is 9.84. The van der Waals surface area contributed by atoms with Crippen molar-refractivity contribution in [2.75, 3.05) is 9.80 Å². The number of rotatable bonds is 6. The zero-order chi connectivity index (χ0) is 33.2. The van der Waals surface area contributed by atoms with Gasteiger partial charge in [0.15, 0.2) is 0 Å². The Bertz CT molecular complexity index is 2800. The predicted molar refractivity (Wildman–Crippen MR) is 212 cm³/mol. The number of fused-ring (bicyclic) bond motifs is 3. The Labute approximate surface area is 292 Å². The van der Waals surface area contributed by atoms with Gasteiger partial charge >= 0.3 is 0 Å². The Kier molecular flexibility index (Phi) is 6.58. The van der Waals surface area contributed by atoms with Gasteiger partial charge in [-0.25, -0.2) is 4.39 Å². The van der Waals surface area contributed by atoms with E-state index < -0.39 is 0 Å². The Hall–Kier alpha value is -6.23. The van der Waals surface area contributed by atoms with Crippen molar-refractivity contribution in [3.8, 4) is 0 Å². The number of benzene rings is 9. The number of nitrogens with zero attached hydrogens (tertiary/aromatic N) is 2. The summed E-state index contributed by atoms with van der Waals surface area (Å²) in [5, 5.41) is 9.23. The maximum atomic E-state index is 16.1. The number of halogens is 1. The van der Waals surface area contributed by atoms with E-state index in [2.05, 4.69) is 161 Å². The first-order valence-electron chi connectivity index (χ1n) is 16.8. The Morgan fingerprint density at radius 1 is 0.340 bits per heavy atom. The predicted octanol–water partition coefficient (Wildman–Crippen LogP) is 14.0. The summed E-state index contributed by atoms with van der Waals surface area (Å²) >= 11 is 1.77. The van der Waals surface area contributed by atoms with Crippen LogP contribution in [0.3, 0.4) is 0 Å². The number of hydrogen-bond donors (Lipinski definition) is 0. The standard InChI is InChI=1S/C46H29FN2S/c47-37-17-8-9-18-40(37)49(41-19-11-21-43-46(41)36-16-7-10-20-42(36)50-43)39-29-25-31-22-26-34-38(28-24-30-23-27-35(39)45(31)44(30)34)48(32-12-3-1-4-13-32)33-14-5-2-6-15-33/h1-29H. The lowest BCUT2D eigenvalue weighted by Gasteiger charge is -2.30. The first-order chi connectivity index (χ1) is 24.7. The van der Waals surface area contributed by atoms with Gasteiger partial charge < -0.3 is 9.80 Å². The topological polar surface area (TPSA) is 6.48 Å². The second kappa shape index (κ2) is 11.4. The molecular weight excluding hydrogens is 632 g/mol. The zero-order valence-corrected chi connectivity index (χ0v) is 27.7. The second-order valence-corrected chi connectivity index (χ2v) is 13.7. The molecule has 10 rings (SSSR count). The van der Waals surface area contributed by atoms with Gasteiger partial charge in [0.05, 0.1) is 22.7 Å². The van der Waals surface area contributed by atoms with Crippen LogP contribution in [0.25, 0.3) is 52.5 Å². The smallest absolute Gasteiger partial charge is 0.147 e. The third kappa shape index (κ3) is 4.39. The first kappa shape index (κ1) is 28.8. The first-order valence-corrected chi connectivity index (χ1v) is 17.6. The molecule has 0 radical (unpaired) electrons. The van der Waals surface area contributed by atoms with Crippen LogP contribution in [0.2, 0.25) is 0 Å². The summed E-state index contributed by atoms with van der Waals surface area (Å²) in [7, 11) is 0. The van der Waals surface area contributed by atoms with Gasteiger partial charge in [0, 0.05) is 42.3 Å². The average molecular weight is 661 g/mol. The van der Waals surface area contributed by atoms with Crippen molar-refractivity contribution in [2.45, 2.75) is 0 Å². The van der Waals surface area contributed by atoms with Crippen LogP contribution >= 0.6 is 11.3 Å². The average Bonchev–Trinajstić information content (AvgIpc) is 3.56. The van der Waals surface area contributed by atoms with E-state index in [1.54, 1.807) is 23.5 Å². The number of para-hydroxylation sites is 3. The molecule has 0 atom stereocenters. The Balaban J connectivity index is 1.28. The maximum absolute atomic E-state index is 16.1. The van der Waals surface area contributed by atoms with Crippen LogP contribution < -0.4 is 9.80 Å². The molecule has 9 aromatic carbocycles. The van der Waals surface area contributed by atoms with Crippen LogP contribution in [0, 0.1) is 5.82 Å². The molecule has 0 N–H and O–H groups in total. The van der Waals surface area contributed by atoms with Gasteiger partial charge in [-0.3, -0.25) is 0 Å². The zero-order valence-electron chi connectivity index (χ0n) is 26.9. The second-order valence-electron chi connectivity index (χ2n) is 12.6. The lowest BCUT2D eigenvalue weighted by atomic mass is 9.91. The minimum atomic E-state index is -0.265. The monoisotopic (exact) mass is 660 g/mol. The highest BCUT2D eigenvalue weighted by molar-refractivity contribution is 7.26. The van der Waals surface area contributed by atoms with Crippen LogP contribution in [-0.2, 0) is 0 Å². The highest BCUT2D eigenvalue weighted by Gasteiger charge is 2.24. The largest absolute Gasteiger partial charge is 0.310 e. The molecular formula is C46H29FN2S. The molecule has 0 spiro atoms. The van der Waals surface area contributed by atoms with E-state index in [-0.39, 0.29) is 5.82 Å². The van der Waals surface area contributed by atoms with Gasteiger partial charge in [0.2, 0.25) is 0 Å². The molecule has 236 valence electrons. The molecule has 0 amide bonds. The van der Waals surface area contributed by atoms with E-state index in [1.165, 1.54) is 30.9 Å². The SMILES string of the molecule is Fc1ccccc1N(c1ccc2ccc3c(N(c4ccccc4)c4ccccc4)ccc4ccc1c2c43)c1cccc2sc3ccccc3c12. The van der Waals surface area contributed by atoms with Gasteiger partial charge in [-0.1, -0.05) is 109 Å². The lowest BCUT2D eigenvalue weighted by Crippen LogP contribution is -2.13. The van der Waals surface area contributed by atoms with Crippen LogP contribution in [0.4, 0.5) is 38.5 Å². The summed E-state index contributed by atoms with van der Waals surface area (Å²) in [6.07, 6.45) is 0. The Morgan fingerprint density at radius 3 is 1.52 bits per heavy atom. The van der Waals surface area contributed by atoms with E-state index in [0.29, 0.717) is 5.69 Å². The molecule has 0 aliphatic carbocycles. The third-order valence-corrected chi connectivity index (χ3v) is 11.0. The fraction of sp³-hybridized carbons (Fsp3) is 0. The van der Waals surface area contributed by atoms with Gasteiger partial charge in [0.1, 0.15) is 5.82 Å². The number of anilines is 6. The van der Waals surface area contributed by atoms with Crippen LogP contribution in [0.15, 0.2) is 176 Å². The van der Waals surface area contributed by atoms with Crippen molar-refractivity contribution in [2.24, 2.45) is 0 Å². The summed E-state index contributed by atoms with van der Waals surface area (Å²) in [6, 6.07) is 60.8. The van der Waals surface area contributed by atoms with Crippen LogP contribution in [0.1, 0.15) is 0 Å². The van der Waals surface area contributed by atoms with Gasteiger partial charge in [-0.15, -0.1) is 11.3 Å². The van der Waals surface area contributed by atoms with E-state index in [0.717, 1.165) is 50.0 Å². The molecule has 0 fully saturated rings. The van der Waals surface area contributed by atoms with Crippen molar-refractivity contribution < 1.29 is 4.39 Å². The van der Waals surface area contributed by atoms with E-state index in [1.807, 2.05) is 12.1 Å². The van der Waals surface area contributed by atoms with Crippen molar-refractivity contribution >= 4 is 98.0 Å². The number of hydrogen-bond acceptors (Lipinski definition) is 3. The normalized spacial score (nSPS) is 11.7. The summed E-state index contributed by atoms with van der Waals surface area (Å²) in [4.78, 5) is 4.46. The minimum absolute atomic E-state index is 0.265. The Morgan fingerprint density at radius 2 is 0.860 bits per heavy atom. The molecule has 4 heteroatoms. The van der Waals surface area contributed by atoms with E-state index in [4.69, 9.17) is 0 Å². The van der Waals surface area contributed by atoms with Crippen LogP contribution in [-0.4, -0.2) is 0 Å². The minimum Gasteiger partial charge on any atom is -0.310 e. The van der Waals surface area contributed by atoms with Crippen molar-refractivity contribution in [3.05, 3.63) is 182 Å². The van der Waals surface area contributed by atoms with Crippen molar-refractivity contribution in [1.29, 1.82) is 0 Å². The quantitative estimate of drug-likeness (QED) is 0.164. The molecule has 0 aliphatic rings. The summed E-state index contributed by atoms with van der Waals surface area (Å²) in [5.74, 6) is -0.265. The lowest BCUT2D eigenvalue weighted by molar-refractivity contribution is 0.629. The molecule has 0 unspecified atom stereocenters. The fourth-order valence-corrected chi connectivity index (χ4v) is 8.83. The summed E-state index contributed by atoms with van der Waals surface area (Å²) in [6.45, 7) is 0.